The molecule has 1 fully saturated rings. The molecule has 10 nitrogen and oxygen atoms in total. The van der Waals surface area contributed by atoms with Crippen LogP contribution in [0.1, 0.15) is 60.8 Å². The zero-order chi connectivity index (χ0) is 33.5. The number of benzene rings is 4. The van der Waals surface area contributed by atoms with Crippen molar-refractivity contribution in [3.8, 4) is 17.2 Å². The van der Waals surface area contributed by atoms with E-state index in [1.165, 1.54) is 46.2 Å². The first-order valence-electron chi connectivity index (χ1n) is 16.3. The van der Waals surface area contributed by atoms with E-state index in [0.29, 0.717) is 39.9 Å². The third kappa shape index (κ3) is 6.97. The van der Waals surface area contributed by atoms with Gasteiger partial charge in [-0.1, -0.05) is 79.1 Å². The number of methoxy groups -OCH3 is 3. The maximum absolute atomic E-state index is 14.6. The molecule has 248 valence electrons. The van der Waals surface area contributed by atoms with E-state index in [1.807, 2.05) is 66.7 Å². The summed E-state index contributed by atoms with van der Waals surface area (Å²) in [7, 11) is 4.57. The van der Waals surface area contributed by atoms with Crippen molar-refractivity contribution < 1.29 is 23.8 Å². The molecule has 1 atom stereocenters. The van der Waals surface area contributed by atoms with Gasteiger partial charge in [-0.25, -0.2) is 4.68 Å². The van der Waals surface area contributed by atoms with Crippen LogP contribution in [0.4, 0.5) is 5.69 Å². The van der Waals surface area contributed by atoms with Gasteiger partial charge in [0.05, 0.1) is 26.8 Å². The van der Waals surface area contributed by atoms with E-state index < -0.39 is 6.04 Å². The van der Waals surface area contributed by atoms with Gasteiger partial charge in [0.2, 0.25) is 17.6 Å². The van der Waals surface area contributed by atoms with Crippen molar-refractivity contribution in [3.05, 3.63) is 108 Å². The minimum atomic E-state index is -1.11. The second-order valence-corrected chi connectivity index (χ2v) is 12.0. The molecule has 0 bridgehead atoms. The van der Waals surface area contributed by atoms with Crippen LogP contribution in [-0.4, -0.2) is 48.1 Å². The number of carbonyl (C=O) groups excluding carboxylic acids is 2. The number of nitrogens with one attached hydrogen (secondary N) is 1. The van der Waals surface area contributed by atoms with Crippen LogP contribution in [0.2, 0.25) is 0 Å². The molecule has 1 saturated carbocycles. The SMILES string of the molecule is COc1cc(C(C(=O)NCc2ccccc2)N(C(=O)Cn2nnc3ccccc32)c2ccc(C3CCCCC3)cc2)cc(OC)c1OC. The summed E-state index contributed by atoms with van der Waals surface area (Å²) in [4.78, 5) is 30.6. The molecule has 1 heterocycles. The third-order valence-electron chi connectivity index (χ3n) is 9.04. The molecule has 0 aliphatic heterocycles. The highest BCUT2D eigenvalue weighted by molar-refractivity contribution is 6.01. The van der Waals surface area contributed by atoms with Crippen molar-refractivity contribution in [2.45, 2.75) is 57.2 Å². The molecule has 5 aromatic rings. The van der Waals surface area contributed by atoms with E-state index in [4.69, 9.17) is 14.2 Å². The van der Waals surface area contributed by atoms with Gasteiger partial charge in [0.15, 0.2) is 11.5 Å². The Kier molecular flexibility index (Phi) is 10.2. The van der Waals surface area contributed by atoms with Gasteiger partial charge in [0.25, 0.3) is 0 Å². The molecule has 1 N–H and O–H groups in total. The molecular weight excluding hydrogens is 606 g/mol. The van der Waals surface area contributed by atoms with Crippen molar-refractivity contribution >= 4 is 28.5 Å². The summed E-state index contributed by atoms with van der Waals surface area (Å²) in [5, 5.41) is 11.6. The molecule has 48 heavy (non-hydrogen) atoms. The van der Waals surface area contributed by atoms with Crippen molar-refractivity contribution in [2.75, 3.05) is 26.2 Å². The molecule has 10 heteroatoms. The lowest BCUT2D eigenvalue weighted by Crippen LogP contribution is -2.45. The predicted octanol–water partition coefficient (Wildman–Crippen LogP) is 6.60. The van der Waals surface area contributed by atoms with Crippen molar-refractivity contribution in [3.63, 3.8) is 0 Å². The highest BCUT2D eigenvalue weighted by Crippen LogP contribution is 2.42. The Labute approximate surface area is 280 Å². The highest BCUT2D eigenvalue weighted by Gasteiger charge is 2.35. The number of fused-ring (bicyclic) bond motifs is 1. The summed E-state index contributed by atoms with van der Waals surface area (Å²) in [6.45, 7) is 0.134. The molecule has 4 aromatic carbocycles. The maximum atomic E-state index is 14.6. The van der Waals surface area contributed by atoms with E-state index in [1.54, 1.807) is 21.7 Å². The summed E-state index contributed by atoms with van der Waals surface area (Å²) >= 11 is 0. The van der Waals surface area contributed by atoms with Gasteiger partial charge < -0.3 is 19.5 Å². The molecule has 0 radical (unpaired) electrons. The van der Waals surface area contributed by atoms with Crippen molar-refractivity contribution in [2.24, 2.45) is 0 Å². The van der Waals surface area contributed by atoms with Gasteiger partial charge in [0, 0.05) is 12.2 Å². The number of aromatic nitrogens is 3. The lowest BCUT2D eigenvalue weighted by molar-refractivity contribution is -0.127. The molecule has 6 rings (SSSR count). The van der Waals surface area contributed by atoms with Gasteiger partial charge in [-0.3, -0.25) is 14.5 Å². The molecular formula is C38H41N5O5. The van der Waals surface area contributed by atoms with Crippen molar-refractivity contribution in [1.82, 2.24) is 20.3 Å². The van der Waals surface area contributed by atoms with Crippen LogP contribution in [0.25, 0.3) is 11.0 Å². The average molecular weight is 648 g/mol. The minimum absolute atomic E-state index is 0.141. The fourth-order valence-electron chi connectivity index (χ4n) is 6.58. The lowest BCUT2D eigenvalue weighted by atomic mass is 9.84. The minimum Gasteiger partial charge on any atom is -0.493 e. The molecule has 1 aliphatic rings. The largest absolute Gasteiger partial charge is 0.493 e. The Morgan fingerprint density at radius 2 is 1.52 bits per heavy atom. The van der Waals surface area contributed by atoms with E-state index in [2.05, 4.69) is 27.8 Å². The number of anilines is 1. The molecule has 1 aliphatic carbocycles. The zero-order valence-corrected chi connectivity index (χ0v) is 27.6. The van der Waals surface area contributed by atoms with Gasteiger partial charge in [-0.05, 0) is 71.8 Å². The average Bonchev–Trinajstić information content (AvgIpc) is 3.55. The van der Waals surface area contributed by atoms with Gasteiger partial charge in [0.1, 0.15) is 18.1 Å². The number of amides is 2. The Bertz CT molecular complexity index is 1830. The Balaban J connectivity index is 1.46. The quantitative estimate of drug-likeness (QED) is 0.163. The normalized spacial score (nSPS) is 13.9. The highest BCUT2D eigenvalue weighted by atomic mass is 16.5. The second-order valence-electron chi connectivity index (χ2n) is 12.0. The van der Waals surface area contributed by atoms with Gasteiger partial charge in [-0.15, -0.1) is 5.10 Å². The Morgan fingerprint density at radius 1 is 0.854 bits per heavy atom. The smallest absolute Gasteiger partial charge is 0.249 e. The van der Waals surface area contributed by atoms with Crippen LogP contribution < -0.4 is 24.4 Å². The first-order valence-corrected chi connectivity index (χ1v) is 16.3. The van der Waals surface area contributed by atoms with Crippen LogP contribution in [0.5, 0.6) is 17.2 Å². The summed E-state index contributed by atoms with van der Waals surface area (Å²) in [5.74, 6) is 0.894. The van der Waals surface area contributed by atoms with Crippen LogP contribution in [-0.2, 0) is 22.7 Å². The zero-order valence-electron chi connectivity index (χ0n) is 27.6. The van der Waals surface area contributed by atoms with Crippen LogP contribution in [0.3, 0.4) is 0 Å². The first kappa shape index (κ1) is 32.6. The number of hydrogen-bond donors (Lipinski definition) is 1. The molecule has 0 spiro atoms. The summed E-state index contributed by atoms with van der Waals surface area (Å²) in [6.07, 6.45) is 6.00. The summed E-state index contributed by atoms with van der Waals surface area (Å²) in [5.41, 5.74) is 4.64. The van der Waals surface area contributed by atoms with Gasteiger partial charge in [-0.2, -0.15) is 0 Å². The second kappa shape index (κ2) is 15.0. The van der Waals surface area contributed by atoms with Gasteiger partial charge >= 0.3 is 0 Å². The topological polar surface area (TPSA) is 108 Å². The van der Waals surface area contributed by atoms with E-state index in [-0.39, 0.29) is 24.9 Å². The first-order chi connectivity index (χ1) is 23.5. The Hall–Kier alpha value is -5.38. The number of rotatable bonds is 12. The number of carbonyl (C=O) groups is 2. The standard InChI is InChI=1S/C38H41N5O5/c1-46-33-22-29(23-34(47-2)37(33)48-3)36(38(45)39-24-26-12-6-4-7-13-26)43(30-20-18-28(19-21-30)27-14-8-5-9-15-27)35(44)25-42-32-17-11-10-16-31(32)40-41-42/h4,6-7,10-13,16-23,27,36H,5,8-9,14-15,24-25H2,1-3H3,(H,39,45). The number of ether oxygens (including phenoxy) is 3. The lowest BCUT2D eigenvalue weighted by Gasteiger charge is -2.32. The van der Waals surface area contributed by atoms with E-state index in [0.717, 1.165) is 23.9 Å². The molecule has 1 aromatic heterocycles. The number of hydrogen-bond acceptors (Lipinski definition) is 7. The van der Waals surface area contributed by atoms with E-state index in [9.17, 15) is 9.59 Å². The van der Waals surface area contributed by atoms with Crippen LogP contribution in [0, 0.1) is 0 Å². The fourth-order valence-corrected chi connectivity index (χ4v) is 6.58. The molecule has 1 unspecified atom stereocenters. The summed E-state index contributed by atoms with van der Waals surface area (Å²) in [6, 6.07) is 27.5. The van der Waals surface area contributed by atoms with Crippen molar-refractivity contribution in [1.29, 1.82) is 0 Å². The van der Waals surface area contributed by atoms with Crippen LogP contribution >= 0.6 is 0 Å². The predicted molar refractivity (Wildman–Crippen MR) is 184 cm³/mol. The maximum Gasteiger partial charge on any atom is 0.249 e. The summed E-state index contributed by atoms with van der Waals surface area (Å²) < 4.78 is 18.5. The number of para-hydroxylation sites is 1. The monoisotopic (exact) mass is 647 g/mol. The molecule has 2 amide bonds. The Morgan fingerprint density at radius 3 is 2.19 bits per heavy atom. The third-order valence-corrected chi connectivity index (χ3v) is 9.04. The van der Waals surface area contributed by atoms with Crippen LogP contribution in [0.15, 0.2) is 91.0 Å². The number of nitrogens with zero attached hydrogens (tertiary/aromatic N) is 4. The molecule has 0 saturated heterocycles. The van der Waals surface area contributed by atoms with E-state index >= 15 is 0 Å². The fraction of sp³-hybridized carbons (Fsp3) is 0.316.